The molecule has 2 rings (SSSR count). The van der Waals surface area contributed by atoms with Crippen LogP contribution < -0.4 is 0 Å². The molecule has 0 atom stereocenters. The van der Waals surface area contributed by atoms with E-state index in [1.165, 1.54) is 11.8 Å². The standard InChI is InChI=1S/C9H8N2O2S/c1-14-8-6-4-5(9(12)13)2-3-7(6)10-11-8/h2-4H,1H3,(H,10,11)(H,12,13). The Morgan fingerprint density at radius 3 is 3.00 bits per heavy atom. The Balaban J connectivity index is 2.67. The summed E-state index contributed by atoms with van der Waals surface area (Å²) in [5.41, 5.74) is 1.15. The third kappa shape index (κ3) is 1.35. The summed E-state index contributed by atoms with van der Waals surface area (Å²) in [6.07, 6.45) is 1.91. The molecule has 72 valence electrons. The first-order valence-electron chi connectivity index (χ1n) is 3.98. The molecule has 0 amide bonds. The minimum absolute atomic E-state index is 0.286. The number of carboxylic acids is 1. The van der Waals surface area contributed by atoms with Gasteiger partial charge in [0.05, 0.1) is 11.1 Å². The highest BCUT2D eigenvalue weighted by Crippen LogP contribution is 2.24. The molecule has 1 aromatic carbocycles. The summed E-state index contributed by atoms with van der Waals surface area (Å²) in [5.74, 6) is -0.917. The van der Waals surface area contributed by atoms with Crippen LogP contribution in [0.15, 0.2) is 23.2 Å². The fraction of sp³-hybridized carbons (Fsp3) is 0.111. The molecule has 4 nitrogen and oxygen atoms in total. The van der Waals surface area contributed by atoms with Gasteiger partial charge in [0.2, 0.25) is 0 Å². The normalized spacial score (nSPS) is 10.6. The van der Waals surface area contributed by atoms with E-state index >= 15 is 0 Å². The van der Waals surface area contributed by atoms with E-state index in [1.54, 1.807) is 18.2 Å². The van der Waals surface area contributed by atoms with Crippen molar-refractivity contribution in [3.8, 4) is 0 Å². The minimum atomic E-state index is -0.917. The number of aromatic carboxylic acids is 1. The molecule has 0 saturated carbocycles. The lowest BCUT2D eigenvalue weighted by Crippen LogP contribution is -1.94. The van der Waals surface area contributed by atoms with Crippen LogP contribution in [0.1, 0.15) is 10.4 Å². The van der Waals surface area contributed by atoms with E-state index < -0.39 is 5.97 Å². The number of benzene rings is 1. The predicted octanol–water partition coefficient (Wildman–Crippen LogP) is 1.98. The van der Waals surface area contributed by atoms with Crippen LogP contribution in [0.2, 0.25) is 0 Å². The number of fused-ring (bicyclic) bond motifs is 1. The lowest BCUT2D eigenvalue weighted by molar-refractivity contribution is 0.0697. The van der Waals surface area contributed by atoms with Crippen LogP contribution >= 0.6 is 11.8 Å². The molecule has 2 aromatic rings. The lowest BCUT2D eigenvalue weighted by atomic mass is 10.2. The van der Waals surface area contributed by atoms with Crippen molar-refractivity contribution in [1.82, 2.24) is 10.2 Å². The first kappa shape index (κ1) is 9.08. The average molecular weight is 208 g/mol. The fourth-order valence-corrected chi connectivity index (χ4v) is 1.80. The molecule has 0 bridgehead atoms. The van der Waals surface area contributed by atoms with E-state index in [2.05, 4.69) is 10.2 Å². The quantitative estimate of drug-likeness (QED) is 0.740. The summed E-state index contributed by atoms with van der Waals surface area (Å²) in [6.45, 7) is 0. The number of aromatic amines is 1. The van der Waals surface area contributed by atoms with Crippen molar-refractivity contribution in [2.45, 2.75) is 5.03 Å². The number of nitrogens with one attached hydrogen (secondary N) is 1. The number of nitrogens with zero attached hydrogens (tertiary/aromatic N) is 1. The first-order valence-corrected chi connectivity index (χ1v) is 5.20. The molecule has 5 heteroatoms. The minimum Gasteiger partial charge on any atom is -0.478 e. The summed E-state index contributed by atoms with van der Waals surface area (Å²) in [4.78, 5) is 10.7. The van der Waals surface area contributed by atoms with Gasteiger partial charge in [-0.15, -0.1) is 11.8 Å². The van der Waals surface area contributed by atoms with Crippen LogP contribution in [-0.2, 0) is 0 Å². The molecular weight excluding hydrogens is 200 g/mol. The molecule has 0 aliphatic rings. The van der Waals surface area contributed by atoms with E-state index in [0.717, 1.165) is 15.9 Å². The zero-order valence-corrected chi connectivity index (χ0v) is 8.26. The van der Waals surface area contributed by atoms with Crippen molar-refractivity contribution in [3.63, 3.8) is 0 Å². The van der Waals surface area contributed by atoms with Crippen molar-refractivity contribution < 1.29 is 9.90 Å². The topological polar surface area (TPSA) is 66.0 Å². The van der Waals surface area contributed by atoms with Gasteiger partial charge in [0.1, 0.15) is 5.03 Å². The van der Waals surface area contributed by atoms with E-state index in [4.69, 9.17) is 5.11 Å². The van der Waals surface area contributed by atoms with E-state index in [0.29, 0.717) is 0 Å². The van der Waals surface area contributed by atoms with Gasteiger partial charge in [-0.1, -0.05) is 0 Å². The molecule has 1 heterocycles. The van der Waals surface area contributed by atoms with Crippen LogP contribution in [0.5, 0.6) is 0 Å². The van der Waals surface area contributed by atoms with E-state index in [1.807, 2.05) is 6.26 Å². The maximum Gasteiger partial charge on any atom is 0.335 e. The number of hydrogen-bond acceptors (Lipinski definition) is 3. The fourth-order valence-electron chi connectivity index (χ4n) is 1.28. The van der Waals surface area contributed by atoms with Gasteiger partial charge < -0.3 is 5.11 Å². The maximum atomic E-state index is 10.7. The summed E-state index contributed by atoms with van der Waals surface area (Å²) in [5, 5.41) is 17.4. The number of aromatic nitrogens is 2. The summed E-state index contributed by atoms with van der Waals surface area (Å²) < 4.78 is 0. The van der Waals surface area contributed by atoms with Gasteiger partial charge in [0.25, 0.3) is 0 Å². The first-order chi connectivity index (χ1) is 6.72. The molecule has 0 fully saturated rings. The highest BCUT2D eigenvalue weighted by Gasteiger charge is 2.08. The summed E-state index contributed by atoms with van der Waals surface area (Å²) >= 11 is 1.49. The Hall–Kier alpha value is -1.49. The van der Waals surface area contributed by atoms with Crippen LogP contribution in [0.4, 0.5) is 0 Å². The molecular formula is C9H8N2O2S. The highest BCUT2D eigenvalue weighted by molar-refractivity contribution is 7.98. The lowest BCUT2D eigenvalue weighted by Gasteiger charge is -1.94. The number of hydrogen-bond donors (Lipinski definition) is 2. The van der Waals surface area contributed by atoms with Gasteiger partial charge in [-0.05, 0) is 24.5 Å². The Kier molecular flexibility index (Phi) is 2.17. The molecule has 0 saturated heterocycles. The van der Waals surface area contributed by atoms with E-state index in [9.17, 15) is 4.79 Å². The van der Waals surface area contributed by atoms with E-state index in [-0.39, 0.29) is 5.56 Å². The van der Waals surface area contributed by atoms with Crippen molar-refractivity contribution >= 4 is 28.6 Å². The number of rotatable bonds is 2. The van der Waals surface area contributed by atoms with Crippen LogP contribution in [0.25, 0.3) is 10.9 Å². The molecule has 0 aliphatic carbocycles. The smallest absolute Gasteiger partial charge is 0.335 e. The van der Waals surface area contributed by atoms with Crippen molar-refractivity contribution in [2.24, 2.45) is 0 Å². The average Bonchev–Trinajstić information content (AvgIpc) is 2.59. The summed E-state index contributed by atoms with van der Waals surface area (Å²) in [7, 11) is 0. The number of carbonyl (C=O) groups is 1. The molecule has 2 N–H and O–H groups in total. The Morgan fingerprint density at radius 2 is 2.36 bits per heavy atom. The van der Waals surface area contributed by atoms with Gasteiger partial charge in [-0.25, -0.2) is 4.79 Å². The van der Waals surface area contributed by atoms with Crippen LogP contribution in [0.3, 0.4) is 0 Å². The SMILES string of the molecule is CSc1n[nH]c2ccc(C(=O)O)cc12. The Labute approximate surface area is 84.3 Å². The number of H-pyrrole nitrogens is 1. The number of carboxylic acid groups (broad SMARTS) is 1. The van der Waals surface area contributed by atoms with Crippen LogP contribution in [0, 0.1) is 0 Å². The molecule has 1 aromatic heterocycles. The Bertz CT molecular complexity index is 493. The van der Waals surface area contributed by atoms with Gasteiger partial charge in [-0.3, -0.25) is 5.10 Å². The highest BCUT2D eigenvalue weighted by atomic mass is 32.2. The zero-order valence-electron chi connectivity index (χ0n) is 7.44. The molecule has 0 spiro atoms. The van der Waals surface area contributed by atoms with Crippen molar-refractivity contribution in [2.75, 3.05) is 6.26 Å². The maximum absolute atomic E-state index is 10.7. The molecule has 14 heavy (non-hydrogen) atoms. The zero-order chi connectivity index (χ0) is 10.1. The third-order valence-corrected chi connectivity index (χ3v) is 2.67. The number of thioether (sulfide) groups is 1. The Morgan fingerprint density at radius 1 is 1.57 bits per heavy atom. The monoisotopic (exact) mass is 208 g/mol. The van der Waals surface area contributed by atoms with Crippen molar-refractivity contribution in [3.05, 3.63) is 23.8 Å². The largest absolute Gasteiger partial charge is 0.478 e. The molecule has 0 aliphatic heterocycles. The molecule has 0 unspecified atom stereocenters. The second kappa shape index (κ2) is 3.34. The second-order valence-electron chi connectivity index (χ2n) is 2.80. The van der Waals surface area contributed by atoms with Gasteiger partial charge in [-0.2, -0.15) is 5.10 Å². The third-order valence-electron chi connectivity index (χ3n) is 1.97. The molecule has 0 radical (unpaired) electrons. The van der Waals surface area contributed by atoms with Gasteiger partial charge in [0, 0.05) is 5.39 Å². The predicted molar refractivity (Wildman–Crippen MR) is 54.8 cm³/mol. The van der Waals surface area contributed by atoms with Gasteiger partial charge in [0.15, 0.2) is 0 Å². The van der Waals surface area contributed by atoms with Crippen molar-refractivity contribution in [1.29, 1.82) is 0 Å². The summed E-state index contributed by atoms with van der Waals surface area (Å²) in [6, 6.07) is 4.92. The van der Waals surface area contributed by atoms with Crippen LogP contribution in [-0.4, -0.2) is 27.5 Å². The second-order valence-corrected chi connectivity index (χ2v) is 3.59. The van der Waals surface area contributed by atoms with Gasteiger partial charge >= 0.3 is 5.97 Å².